The summed E-state index contributed by atoms with van der Waals surface area (Å²) in [6.45, 7) is 0. The molecule has 0 aliphatic rings. The van der Waals surface area contributed by atoms with E-state index in [1.165, 1.54) is 0 Å². The Hall–Kier alpha value is 1.51. The summed E-state index contributed by atoms with van der Waals surface area (Å²) in [4.78, 5) is 0. The molecule has 0 aliphatic heterocycles. The van der Waals surface area contributed by atoms with Gasteiger partial charge in [-0.05, 0) is 0 Å². The van der Waals surface area contributed by atoms with Crippen molar-refractivity contribution in [3.63, 3.8) is 0 Å². The maximum atomic E-state index is 7.88. The van der Waals surface area contributed by atoms with E-state index in [4.69, 9.17) is 3.90 Å². The normalized spacial score (nSPS) is 1.50. The Morgan fingerprint density at radius 1 is 1.50 bits per heavy atom. The molecule has 0 fully saturated rings. The molecule has 0 radical (unpaired) electrons. The van der Waals surface area contributed by atoms with E-state index in [-0.39, 0.29) is 46.1 Å². The minimum absolute atomic E-state index is 0. The first-order valence-electron chi connectivity index (χ1n) is 0.129. The summed E-state index contributed by atoms with van der Waals surface area (Å²) in [7, 11) is 0. The second-order valence-electron chi connectivity index (χ2n) is 0. The molecule has 0 spiro atoms. The molecular weight excluding hydrogens is 131 g/mol. The fraction of sp³-hybridized carbons (Fsp3) is 0. The Balaban J connectivity index is -0.000000000833. The van der Waals surface area contributed by atoms with Crippen LogP contribution in [0.4, 0.5) is 0 Å². The monoisotopic (exact) mass is 134 g/mol. The van der Waals surface area contributed by atoms with Gasteiger partial charge in [0, 0.05) is 0 Å². The van der Waals surface area contributed by atoms with Crippen LogP contribution in [0.2, 0.25) is 0 Å². The second-order valence-corrected chi connectivity index (χ2v) is 0. The van der Waals surface area contributed by atoms with Crippen molar-refractivity contribution in [3.8, 4) is 0 Å². The van der Waals surface area contributed by atoms with Gasteiger partial charge in [-0.25, -0.2) is 0 Å². The van der Waals surface area contributed by atoms with Crippen molar-refractivity contribution in [1.82, 2.24) is 0 Å². The van der Waals surface area contributed by atoms with E-state index in [0.717, 1.165) is 0 Å². The van der Waals surface area contributed by atoms with Gasteiger partial charge in [0.1, 0.15) is 0 Å². The van der Waals surface area contributed by atoms with Gasteiger partial charge in [0.15, 0.2) is 0 Å². The Morgan fingerprint density at radius 3 is 1.50 bits per heavy atom. The number of rotatable bonds is 0. The Labute approximate surface area is 64.8 Å². The van der Waals surface area contributed by atoms with Crippen LogP contribution in [-0.2, 0) is 19.3 Å². The first-order chi connectivity index (χ1) is 1.00. The first kappa shape index (κ1) is 17.8. The molecule has 2 N–H and O–H groups in total. The van der Waals surface area contributed by atoms with Crippen molar-refractivity contribution in [2.75, 3.05) is 0 Å². The van der Waals surface area contributed by atoms with Crippen LogP contribution in [0.1, 0.15) is 2.85 Å². The van der Waals surface area contributed by atoms with Gasteiger partial charge < -0.3 is 8.33 Å². The summed E-state index contributed by atoms with van der Waals surface area (Å²) in [5, 5.41) is 0. The summed E-state index contributed by atoms with van der Waals surface area (Å²) in [6.07, 6.45) is 0. The molecule has 0 aromatic heterocycles. The van der Waals surface area contributed by atoms with Gasteiger partial charge >= 0.3 is 57.0 Å². The third-order valence-electron chi connectivity index (χ3n) is 0. The molecule has 0 rings (SSSR count). The molecule has 0 aromatic carbocycles. The molecule has 0 heterocycles. The molecule has 0 amide bonds. The molecule has 0 saturated heterocycles. The van der Waals surface area contributed by atoms with Gasteiger partial charge in [0.25, 0.3) is 0 Å². The van der Waals surface area contributed by atoms with Gasteiger partial charge in [0.2, 0.25) is 0 Å². The predicted octanol–water partition coefficient (Wildman–Crippen LogP) is -1.10. The summed E-state index contributed by atoms with van der Waals surface area (Å²) < 4.78 is 7.88. The Morgan fingerprint density at radius 2 is 1.50 bits per heavy atom. The standard InChI is InChI=1S/Ca.Ni.H2O.O.2H/h;;1H2;;;/q+2;;;;2*-1. The molecule has 4 heavy (non-hydrogen) atoms. The number of hydrogen-bond donors (Lipinski definition) is 0. The zero-order valence-electron chi connectivity index (χ0n) is 3.93. The average Bonchev–Trinajstić information content (AvgIpc) is 1.00. The van der Waals surface area contributed by atoms with Crippen molar-refractivity contribution in [1.29, 1.82) is 0 Å². The van der Waals surface area contributed by atoms with Crippen LogP contribution in [0.15, 0.2) is 0 Å². The van der Waals surface area contributed by atoms with Crippen LogP contribution in [0, 0.1) is 0 Å². The van der Waals surface area contributed by atoms with Crippen LogP contribution < -0.4 is 0 Å². The van der Waals surface area contributed by atoms with Crippen LogP contribution in [0.5, 0.6) is 0 Å². The molecule has 0 atom stereocenters. The van der Waals surface area contributed by atoms with Crippen molar-refractivity contribution >= 4 is 37.7 Å². The van der Waals surface area contributed by atoms with E-state index >= 15 is 0 Å². The SMILES string of the molecule is O.[Ca+2].[H-].[H-].[O]=[Ni]. The Kier molecular flexibility index (Phi) is 108. The van der Waals surface area contributed by atoms with Crippen LogP contribution in [0.3, 0.4) is 0 Å². The summed E-state index contributed by atoms with van der Waals surface area (Å²) in [6, 6.07) is 0. The zero-order chi connectivity index (χ0) is 2.00. The quantitative estimate of drug-likeness (QED) is 0.388. The van der Waals surface area contributed by atoms with Crippen molar-refractivity contribution < 1.29 is 27.6 Å². The molecule has 28 valence electrons. The van der Waals surface area contributed by atoms with Crippen molar-refractivity contribution in [2.24, 2.45) is 0 Å². The van der Waals surface area contributed by atoms with E-state index < -0.39 is 0 Å². The second kappa shape index (κ2) is 24.3. The van der Waals surface area contributed by atoms with Gasteiger partial charge in [-0.15, -0.1) is 0 Å². The first-order valence-corrected chi connectivity index (χ1v) is 0.532. The fourth-order valence-corrected chi connectivity index (χ4v) is 0. The summed E-state index contributed by atoms with van der Waals surface area (Å²) in [5.41, 5.74) is 0. The zero-order valence-corrected chi connectivity index (χ0v) is 5.13. The van der Waals surface area contributed by atoms with Gasteiger partial charge in [-0.2, -0.15) is 0 Å². The van der Waals surface area contributed by atoms with E-state index in [1.807, 2.05) is 0 Å². The summed E-state index contributed by atoms with van der Waals surface area (Å²) >= 11 is 2.62. The summed E-state index contributed by atoms with van der Waals surface area (Å²) in [5.74, 6) is 0. The van der Waals surface area contributed by atoms with E-state index in [1.54, 1.807) is 0 Å². The van der Waals surface area contributed by atoms with Gasteiger partial charge in [-0.1, -0.05) is 0 Å². The van der Waals surface area contributed by atoms with Crippen LogP contribution in [-0.4, -0.2) is 43.2 Å². The van der Waals surface area contributed by atoms with Crippen LogP contribution >= 0.6 is 0 Å². The topological polar surface area (TPSA) is 48.6 Å². The van der Waals surface area contributed by atoms with E-state index in [2.05, 4.69) is 15.4 Å². The molecule has 0 aliphatic carbocycles. The Bertz CT molecular complexity index is 11.5. The van der Waals surface area contributed by atoms with Gasteiger partial charge in [-0.3, -0.25) is 0 Å². The predicted molar refractivity (Wildman–Crippen MR) is 12.3 cm³/mol. The molecular formula is H4CaNiO2. The van der Waals surface area contributed by atoms with Crippen molar-refractivity contribution in [3.05, 3.63) is 0 Å². The molecule has 0 aromatic rings. The molecule has 0 saturated carbocycles. The molecule has 0 bridgehead atoms. The van der Waals surface area contributed by atoms with Crippen LogP contribution in [0.25, 0.3) is 0 Å². The third-order valence-corrected chi connectivity index (χ3v) is 0. The van der Waals surface area contributed by atoms with E-state index in [9.17, 15) is 0 Å². The number of hydrogen-bond acceptors (Lipinski definition) is 1. The van der Waals surface area contributed by atoms with Crippen molar-refractivity contribution in [2.45, 2.75) is 0 Å². The van der Waals surface area contributed by atoms with Gasteiger partial charge in [0.05, 0.1) is 0 Å². The average molecular weight is 135 g/mol. The maximum absolute atomic E-state index is 7.88. The molecule has 0 unspecified atom stereocenters. The fourth-order valence-electron chi connectivity index (χ4n) is 0. The minimum atomic E-state index is 0. The molecule has 2 nitrogen and oxygen atoms in total. The van der Waals surface area contributed by atoms with E-state index in [0.29, 0.717) is 0 Å². The third kappa shape index (κ3) is 9.69. The molecule has 4 heteroatoms.